The van der Waals surface area contributed by atoms with E-state index in [1.165, 1.54) is 5.52 Å². The SMILES string of the molecule is CN=C(NCCCn1c(C)nc2ccccc21)NCC(C)(C)N(C)C. The molecule has 138 valence electrons. The monoisotopic (exact) mass is 344 g/mol. The van der Waals surface area contributed by atoms with Crippen LogP contribution in [-0.2, 0) is 6.54 Å². The van der Waals surface area contributed by atoms with Gasteiger partial charge in [-0.15, -0.1) is 0 Å². The molecule has 0 spiro atoms. The van der Waals surface area contributed by atoms with E-state index in [2.05, 4.69) is 83.1 Å². The number of rotatable bonds is 7. The molecule has 2 N–H and O–H groups in total. The van der Waals surface area contributed by atoms with E-state index < -0.39 is 0 Å². The molecule has 2 aromatic rings. The number of fused-ring (bicyclic) bond motifs is 1. The van der Waals surface area contributed by atoms with Crippen LogP contribution in [0.15, 0.2) is 29.3 Å². The fraction of sp³-hybridized carbons (Fsp3) is 0.579. The first-order valence-corrected chi connectivity index (χ1v) is 8.89. The van der Waals surface area contributed by atoms with Gasteiger partial charge >= 0.3 is 0 Å². The van der Waals surface area contributed by atoms with E-state index >= 15 is 0 Å². The second-order valence-electron chi connectivity index (χ2n) is 7.21. The summed E-state index contributed by atoms with van der Waals surface area (Å²) in [6, 6.07) is 8.30. The first-order chi connectivity index (χ1) is 11.8. The summed E-state index contributed by atoms with van der Waals surface area (Å²) in [4.78, 5) is 11.1. The summed E-state index contributed by atoms with van der Waals surface area (Å²) in [5.74, 6) is 1.92. The Labute approximate surface area is 151 Å². The van der Waals surface area contributed by atoms with E-state index in [9.17, 15) is 0 Å². The molecule has 1 aromatic heterocycles. The maximum Gasteiger partial charge on any atom is 0.191 e. The van der Waals surface area contributed by atoms with Crippen LogP contribution in [0, 0.1) is 6.92 Å². The number of para-hydroxylation sites is 2. The van der Waals surface area contributed by atoms with Crippen molar-refractivity contribution >= 4 is 17.0 Å². The van der Waals surface area contributed by atoms with Gasteiger partial charge in [0, 0.05) is 32.2 Å². The zero-order valence-corrected chi connectivity index (χ0v) is 16.4. The van der Waals surface area contributed by atoms with Crippen molar-refractivity contribution < 1.29 is 0 Å². The van der Waals surface area contributed by atoms with Gasteiger partial charge < -0.3 is 20.1 Å². The molecule has 25 heavy (non-hydrogen) atoms. The smallest absolute Gasteiger partial charge is 0.191 e. The standard InChI is InChI=1S/C19H32N6/c1-15-23-16-10-7-8-11-17(16)25(15)13-9-12-21-18(20-4)22-14-19(2,3)24(5)6/h7-8,10-11H,9,12-14H2,1-6H3,(H2,20,21,22). The summed E-state index contributed by atoms with van der Waals surface area (Å²) >= 11 is 0. The van der Waals surface area contributed by atoms with Crippen LogP contribution in [0.5, 0.6) is 0 Å². The highest BCUT2D eigenvalue weighted by Gasteiger charge is 2.20. The molecule has 2 rings (SSSR count). The quantitative estimate of drug-likeness (QED) is 0.459. The first-order valence-electron chi connectivity index (χ1n) is 8.89. The van der Waals surface area contributed by atoms with Gasteiger partial charge in [-0.25, -0.2) is 4.98 Å². The molecule has 0 radical (unpaired) electrons. The van der Waals surface area contributed by atoms with E-state index in [1.54, 1.807) is 0 Å². The number of aliphatic imine (C=N–C) groups is 1. The van der Waals surface area contributed by atoms with Crippen molar-refractivity contribution in [2.24, 2.45) is 4.99 Å². The highest BCUT2D eigenvalue weighted by Crippen LogP contribution is 2.15. The number of hydrogen-bond acceptors (Lipinski definition) is 3. The third-order valence-electron chi connectivity index (χ3n) is 4.82. The second kappa shape index (κ2) is 8.34. The fourth-order valence-corrected chi connectivity index (χ4v) is 2.60. The highest BCUT2D eigenvalue weighted by molar-refractivity contribution is 5.79. The van der Waals surface area contributed by atoms with Gasteiger partial charge in [-0.1, -0.05) is 12.1 Å². The van der Waals surface area contributed by atoms with Gasteiger partial charge in [0.15, 0.2) is 5.96 Å². The number of imidazole rings is 1. The van der Waals surface area contributed by atoms with Crippen LogP contribution in [-0.4, -0.2) is 60.2 Å². The predicted octanol–water partition coefficient (Wildman–Crippen LogP) is 2.24. The van der Waals surface area contributed by atoms with Crippen molar-refractivity contribution in [3.63, 3.8) is 0 Å². The van der Waals surface area contributed by atoms with Gasteiger partial charge in [-0.3, -0.25) is 4.99 Å². The van der Waals surface area contributed by atoms with Crippen LogP contribution in [0.3, 0.4) is 0 Å². The van der Waals surface area contributed by atoms with Crippen LogP contribution in [0.1, 0.15) is 26.1 Å². The molecule has 6 nitrogen and oxygen atoms in total. The van der Waals surface area contributed by atoms with Crippen molar-refractivity contribution in [1.82, 2.24) is 25.1 Å². The second-order valence-corrected chi connectivity index (χ2v) is 7.21. The molecule has 0 amide bonds. The molecule has 1 heterocycles. The van der Waals surface area contributed by atoms with Crippen molar-refractivity contribution in [2.45, 2.75) is 39.3 Å². The zero-order valence-electron chi connectivity index (χ0n) is 16.4. The minimum Gasteiger partial charge on any atom is -0.356 e. The third-order valence-corrected chi connectivity index (χ3v) is 4.82. The normalized spacial score (nSPS) is 12.8. The van der Waals surface area contributed by atoms with Crippen molar-refractivity contribution in [2.75, 3.05) is 34.2 Å². The number of aryl methyl sites for hydroxylation is 2. The molecule has 0 saturated heterocycles. The Morgan fingerprint density at radius 2 is 1.96 bits per heavy atom. The molecule has 0 atom stereocenters. The molecular formula is C19H32N6. The lowest BCUT2D eigenvalue weighted by atomic mass is 10.0. The molecule has 0 unspecified atom stereocenters. The van der Waals surface area contributed by atoms with Gasteiger partial charge in [0.25, 0.3) is 0 Å². The molecule has 0 saturated carbocycles. The Hall–Kier alpha value is -2.08. The Kier molecular flexibility index (Phi) is 6.42. The number of benzene rings is 1. The van der Waals surface area contributed by atoms with E-state index in [4.69, 9.17) is 0 Å². The number of guanidine groups is 1. The van der Waals surface area contributed by atoms with E-state index in [0.29, 0.717) is 0 Å². The lowest BCUT2D eigenvalue weighted by Crippen LogP contribution is -2.50. The molecule has 6 heteroatoms. The fourth-order valence-electron chi connectivity index (χ4n) is 2.60. The third kappa shape index (κ3) is 4.95. The van der Waals surface area contributed by atoms with Crippen LogP contribution >= 0.6 is 0 Å². The number of nitrogens with zero attached hydrogens (tertiary/aromatic N) is 4. The average molecular weight is 345 g/mol. The van der Waals surface area contributed by atoms with Crippen molar-refractivity contribution in [3.05, 3.63) is 30.1 Å². The summed E-state index contributed by atoms with van der Waals surface area (Å²) in [5, 5.41) is 6.80. The molecule has 0 aliphatic heterocycles. The zero-order chi connectivity index (χ0) is 18.4. The highest BCUT2D eigenvalue weighted by atomic mass is 15.2. The first kappa shape index (κ1) is 19.2. The van der Waals surface area contributed by atoms with Crippen LogP contribution < -0.4 is 10.6 Å². The van der Waals surface area contributed by atoms with Crippen LogP contribution in [0.25, 0.3) is 11.0 Å². The number of aromatic nitrogens is 2. The summed E-state index contributed by atoms with van der Waals surface area (Å²) in [5.41, 5.74) is 2.34. The maximum absolute atomic E-state index is 4.62. The largest absolute Gasteiger partial charge is 0.356 e. The van der Waals surface area contributed by atoms with Gasteiger partial charge in [0.2, 0.25) is 0 Å². The Bertz CT molecular complexity index is 714. The lowest BCUT2D eigenvalue weighted by molar-refractivity contribution is 0.197. The number of hydrogen-bond donors (Lipinski definition) is 2. The van der Waals surface area contributed by atoms with Gasteiger partial charge in [-0.05, 0) is 53.4 Å². The Morgan fingerprint density at radius 1 is 1.24 bits per heavy atom. The maximum atomic E-state index is 4.62. The molecular weight excluding hydrogens is 312 g/mol. The number of nitrogens with one attached hydrogen (secondary N) is 2. The van der Waals surface area contributed by atoms with Crippen molar-refractivity contribution in [1.29, 1.82) is 0 Å². The summed E-state index contributed by atoms with van der Waals surface area (Å²) in [7, 11) is 6.00. The minimum atomic E-state index is 0.0739. The van der Waals surface area contributed by atoms with Gasteiger partial charge in [-0.2, -0.15) is 0 Å². The van der Waals surface area contributed by atoms with E-state index in [1.807, 2.05) is 13.1 Å². The molecule has 0 fully saturated rings. The average Bonchev–Trinajstić information content (AvgIpc) is 2.89. The van der Waals surface area contributed by atoms with Gasteiger partial charge in [0.1, 0.15) is 5.82 Å². The topological polar surface area (TPSA) is 57.5 Å². The number of likely N-dealkylation sites (N-methyl/N-ethyl adjacent to an activating group) is 1. The molecule has 0 aliphatic carbocycles. The van der Waals surface area contributed by atoms with E-state index in [0.717, 1.165) is 43.4 Å². The molecule has 1 aromatic carbocycles. The molecule has 0 bridgehead atoms. The Balaban J connectivity index is 1.82. The predicted molar refractivity (Wildman–Crippen MR) is 106 cm³/mol. The lowest BCUT2D eigenvalue weighted by Gasteiger charge is -2.33. The van der Waals surface area contributed by atoms with Gasteiger partial charge in [0.05, 0.1) is 11.0 Å². The van der Waals surface area contributed by atoms with Crippen molar-refractivity contribution in [3.8, 4) is 0 Å². The Morgan fingerprint density at radius 3 is 2.64 bits per heavy atom. The molecule has 0 aliphatic rings. The summed E-state index contributed by atoms with van der Waals surface area (Å²) in [6.45, 7) is 9.14. The van der Waals surface area contributed by atoms with Crippen LogP contribution in [0.4, 0.5) is 0 Å². The summed E-state index contributed by atoms with van der Waals surface area (Å²) in [6.07, 6.45) is 1.01. The van der Waals surface area contributed by atoms with E-state index in [-0.39, 0.29) is 5.54 Å². The minimum absolute atomic E-state index is 0.0739. The summed E-state index contributed by atoms with van der Waals surface area (Å²) < 4.78 is 2.28. The van der Waals surface area contributed by atoms with Crippen LogP contribution in [0.2, 0.25) is 0 Å².